The highest BCUT2D eigenvalue weighted by Crippen LogP contribution is 2.17. The minimum Gasteiger partial charge on any atom is -0.354 e. The second kappa shape index (κ2) is 8.43. The number of aryl methyl sites for hydroxylation is 1. The first kappa shape index (κ1) is 17.9. The van der Waals surface area contributed by atoms with Crippen LogP contribution >= 0.6 is 0 Å². The van der Waals surface area contributed by atoms with Gasteiger partial charge in [-0.15, -0.1) is 0 Å². The van der Waals surface area contributed by atoms with E-state index in [1.54, 1.807) is 11.0 Å². The molecule has 1 aromatic carbocycles. The summed E-state index contributed by atoms with van der Waals surface area (Å²) in [5, 5.41) is 3.22. The molecule has 0 spiro atoms. The van der Waals surface area contributed by atoms with Crippen LogP contribution in [0, 0.1) is 12.8 Å². The number of nitrogens with one attached hydrogen (secondary N) is 1. The molecule has 1 heterocycles. The Hall–Kier alpha value is -2.43. The van der Waals surface area contributed by atoms with Crippen molar-refractivity contribution in [2.24, 2.45) is 5.92 Å². The maximum atomic E-state index is 12.9. The molecule has 5 nitrogen and oxygen atoms in total. The third-order valence-electron chi connectivity index (χ3n) is 3.71. The van der Waals surface area contributed by atoms with Gasteiger partial charge in [-0.05, 0) is 44.4 Å². The third-order valence-corrected chi connectivity index (χ3v) is 3.71. The molecular formula is C19H26N4O. The number of carbonyl (C=O) groups excluding carboxylic acids is 1. The van der Waals surface area contributed by atoms with E-state index in [0.29, 0.717) is 24.1 Å². The molecule has 128 valence electrons. The quantitative estimate of drug-likeness (QED) is 0.838. The predicted octanol–water partition coefficient (Wildman–Crippen LogP) is 3.91. The molecule has 0 atom stereocenters. The lowest BCUT2D eigenvalue weighted by Crippen LogP contribution is -2.31. The van der Waals surface area contributed by atoms with Crippen LogP contribution in [-0.4, -0.2) is 29.0 Å². The highest BCUT2D eigenvalue weighted by Gasteiger charge is 2.18. The van der Waals surface area contributed by atoms with Crippen molar-refractivity contribution < 1.29 is 4.79 Å². The minimum atomic E-state index is -0.110. The summed E-state index contributed by atoms with van der Waals surface area (Å²) in [6, 6.07) is 11.4. The van der Waals surface area contributed by atoms with Crippen LogP contribution in [0.1, 0.15) is 43.4 Å². The normalized spacial score (nSPS) is 10.7. The number of nitrogens with zero attached hydrogens (tertiary/aromatic N) is 3. The summed E-state index contributed by atoms with van der Waals surface area (Å²) in [5.41, 5.74) is 2.07. The zero-order valence-corrected chi connectivity index (χ0v) is 14.9. The van der Waals surface area contributed by atoms with Gasteiger partial charge in [-0.2, -0.15) is 0 Å². The molecule has 24 heavy (non-hydrogen) atoms. The van der Waals surface area contributed by atoms with Crippen molar-refractivity contribution in [1.29, 1.82) is 0 Å². The smallest absolute Gasteiger partial charge is 0.277 e. The molecule has 1 N–H and O–H groups in total. The van der Waals surface area contributed by atoms with Gasteiger partial charge >= 0.3 is 0 Å². The number of hydrogen-bond acceptors (Lipinski definition) is 4. The van der Waals surface area contributed by atoms with Crippen LogP contribution in [0.25, 0.3) is 0 Å². The fraction of sp³-hybridized carbons (Fsp3) is 0.421. The van der Waals surface area contributed by atoms with Gasteiger partial charge in [-0.1, -0.05) is 32.0 Å². The van der Waals surface area contributed by atoms with E-state index in [2.05, 4.69) is 29.1 Å². The van der Waals surface area contributed by atoms with E-state index in [9.17, 15) is 4.79 Å². The van der Waals surface area contributed by atoms with Crippen LogP contribution in [0.5, 0.6) is 0 Å². The molecule has 1 amide bonds. The maximum absolute atomic E-state index is 12.9. The van der Waals surface area contributed by atoms with E-state index >= 15 is 0 Å². The van der Waals surface area contributed by atoms with Gasteiger partial charge in [0, 0.05) is 24.5 Å². The zero-order chi connectivity index (χ0) is 17.5. The number of aromatic nitrogens is 2. The summed E-state index contributed by atoms with van der Waals surface area (Å²) >= 11 is 0. The zero-order valence-electron chi connectivity index (χ0n) is 14.9. The van der Waals surface area contributed by atoms with E-state index in [-0.39, 0.29) is 5.91 Å². The average Bonchev–Trinajstić information content (AvgIpc) is 2.55. The van der Waals surface area contributed by atoms with E-state index < -0.39 is 0 Å². The summed E-state index contributed by atoms with van der Waals surface area (Å²) in [5.74, 6) is 1.02. The molecule has 0 unspecified atom stereocenters. The topological polar surface area (TPSA) is 58.1 Å². The molecule has 0 aliphatic rings. The summed E-state index contributed by atoms with van der Waals surface area (Å²) in [4.78, 5) is 23.4. The largest absolute Gasteiger partial charge is 0.354 e. The summed E-state index contributed by atoms with van der Waals surface area (Å²) in [6.07, 6.45) is 1.03. The van der Waals surface area contributed by atoms with Gasteiger partial charge in [0.2, 0.25) is 5.95 Å². The van der Waals surface area contributed by atoms with Crippen molar-refractivity contribution in [3.63, 3.8) is 0 Å². The fourth-order valence-electron chi connectivity index (χ4n) is 2.42. The summed E-state index contributed by atoms with van der Waals surface area (Å²) in [6.45, 7) is 9.57. The van der Waals surface area contributed by atoms with Gasteiger partial charge in [0.05, 0.1) is 0 Å². The fourth-order valence-corrected chi connectivity index (χ4v) is 2.42. The van der Waals surface area contributed by atoms with Crippen LogP contribution in [0.15, 0.2) is 36.4 Å². The molecule has 2 rings (SSSR count). The van der Waals surface area contributed by atoms with Crippen LogP contribution in [0.4, 0.5) is 11.6 Å². The second-order valence-electron chi connectivity index (χ2n) is 6.21. The number of rotatable bonds is 7. The Morgan fingerprint density at radius 2 is 1.92 bits per heavy atom. The lowest BCUT2D eigenvalue weighted by molar-refractivity contribution is 0.0983. The summed E-state index contributed by atoms with van der Waals surface area (Å²) in [7, 11) is 0. The Labute approximate surface area is 144 Å². The Morgan fingerprint density at radius 3 is 2.54 bits per heavy atom. The Bertz CT molecular complexity index is 670. The predicted molar refractivity (Wildman–Crippen MR) is 98.5 cm³/mol. The number of amides is 1. The monoisotopic (exact) mass is 326 g/mol. The van der Waals surface area contributed by atoms with Gasteiger partial charge in [0.1, 0.15) is 5.69 Å². The van der Waals surface area contributed by atoms with Crippen LogP contribution < -0.4 is 10.2 Å². The van der Waals surface area contributed by atoms with Crippen molar-refractivity contribution in [3.8, 4) is 0 Å². The standard InChI is InChI=1S/C19H26N4O/c1-5-23(16-9-7-6-8-10-16)18(24)17-13-15(4)21-19(22-17)20-12-11-14(2)3/h6-10,13-14H,5,11-12H2,1-4H3,(H,20,21,22). The highest BCUT2D eigenvalue weighted by atomic mass is 16.2. The van der Waals surface area contributed by atoms with Crippen molar-refractivity contribution >= 4 is 17.5 Å². The van der Waals surface area contributed by atoms with Gasteiger partial charge < -0.3 is 10.2 Å². The maximum Gasteiger partial charge on any atom is 0.277 e. The molecule has 0 bridgehead atoms. The van der Waals surface area contributed by atoms with Crippen LogP contribution in [0.2, 0.25) is 0 Å². The van der Waals surface area contributed by atoms with Gasteiger partial charge in [-0.3, -0.25) is 4.79 Å². The number of para-hydroxylation sites is 1. The van der Waals surface area contributed by atoms with Gasteiger partial charge in [0.15, 0.2) is 0 Å². The Morgan fingerprint density at radius 1 is 1.21 bits per heavy atom. The van der Waals surface area contributed by atoms with E-state index in [0.717, 1.165) is 24.3 Å². The molecule has 0 fully saturated rings. The van der Waals surface area contributed by atoms with Gasteiger partial charge in [-0.25, -0.2) is 9.97 Å². The first-order valence-corrected chi connectivity index (χ1v) is 8.47. The molecule has 0 saturated heterocycles. The van der Waals surface area contributed by atoms with Crippen molar-refractivity contribution in [3.05, 3.63) is 47.8 Å². The lowest BCUT2D eigenvalue weighted by Gasteiger charge is -2.21. The summed E-state index contributed by atoms with van der Waals surface area (Å²) < 4.78 is 0. The average molecular weight is 326 g/mol. The first-order valence-electron chi connectivity index (χ1n) is 8.47. The Balaban J connectivity index is 2.20. The van der Waals surface area contributed by atoms with E-state index in [1.807, 2.05) is 44.2 Å². The highest BCUT2D eigenvalue weighted by molar-refractivity contribution is 6.04. The third kappa shape index (κ3) is 4.78. The number of carbonyl (C=O) groups is 1. The number of anilines is 2. The molecular weight excluding hydrogens is 300 g/mol. The van der Waals surface area contributed by atoms with E-state index in [1.165, 1.54) is 0 Å². The number of hydrogen-bond donors (Lipinski definition) is 1. The van der Waals surface area contributed by atoms with Crippen molar-refractivity contribution in [1.82, 2.24) is 9.97 Å². The van der Waals surface area contributed by atoms with Crippen molar-refractivity contribution in [2.45, 2.75) is 34.1 Å². The van der Waals surface area contributed by atoms with Crippen LogP contribution in [0.3, 0.4) is 0 Å². The second-order valence-corrected chi connectivity index (χ2v) is 6.21. The molecule has 0 radical (unpaired) electrons. The molecule has 0 aliphatic heterocycles. The molecule has 5 heteroatoms. The minimum absolute atomic E-state index is 0.110. The molecule has 2 aromatic rings. The lowest BCUT2D eigenvalue weighted by atomic mass is 10.1. The Kier molecular flexibility index (Phi) is 6.29. The first-order chi connectivity index (χ1) is 11.5. The molecule has 0 saturated carbocycles. The van der Waals surface area contributed by atoms with Crippen molar-refractivity contribution in [2.75, 3.05) is 23.3 Å². The molecule has 1 aromatic heterocycles. The van der Waals surface area contributed by atoms with Crippen LogP contribution in [-0.2, 0) is 0 Å². The van der Waals surface area contributed by atoms with E-state index in [4.69, 9.17) is 0 Å². The SMILES string of the molecule is CCN(C(=O)c1cc(C)nc(NCCC(C)C)n1)c1ccccc1. The molecule has 0 aliphatic carbocycles. The van der Waals surface area contributed by atoms with Gasteiger partial charge in [0.25, 0.3) is 5.91 Å². The number of benzene rings is 1.